The molecule has 2 heterocycles. The molecule has 0 aromatic heterocycles. The molecule has 1 aromatic rings. The summed E-state index contributed by atoms with van der Waals surface area (Å²) in [7, 11) is -2.45. The molecule has 2 aliphatic rings. The zero-order valence-electron chi connectivity index (χ0n) is 18.0. The van der Waals surface area contributed by atoms with Crippen LogP contribution in [0.3, 0.4) is 0 Å². The van der Waals surface area contributed by atoms with Crippen LogP contribution in [0.1, 0.15) is 40.5 Å². The van der Waals surface area contributed by atoms with Crippen LogP contribution in [-0.2, 0) is 10.0 Å². The zero-order valence-corrected chi connectivity index (χ0v) is 18.8. The number of piperidine rings is 1. The van der Waals surface area contributed by atoms with Crippen LogP contribution >= 0.6 is 0 Å². The quantitative estimate of drug-likeness (QED) is 0.573. The summed E-state index contributed by atoms with van der Waals surface area (Å²) in [5.74, 6) is -0.922. The molecule has 1 atom stereocenters. The number of rotatable bonds is 4. The van der Waals surface area contributed by atoms with Gasteiger partial charge in [0.2, 0.25) is 5.96 Å². The van der Waals surface area contributed by atoms with Crippen LogP contribution in [0.2, 0.25) is 0 Å². The van der Waals surface area contributed by atoms with Crippen molar-refractivity contribution in [2.24, 2.45) is 10.1 Å². The van der Waals surface area contributed by atoms with Crippen LogP contribution in [0.15, 0.2) is 47.4 Å². The molecule has 5 N–H and O–H groups in total. The number of aliphatic imine (C=N–C) groups is 1. The molecule has 166 valence electrons. The monoisotopic (exact) mass is 438 g/mol. The Hall–Kier alpha value is -2.01. The molecule has 2 aliphatic heterocycles. The van der Waals surface area contributed by atoms with E-state index in [1.807, 2.05) is 25.2 Å². The second-order valence-corrected chi connectivity index (χ2v) is 10.9. The summed E-state index contributed by atoms with van der Waals surface area (Å²) >= 11 is 0. The van der Waals surface area contributed by atoms with Crippen LogP contribution in [-0.4, -0.2) is 48.4 Å². The largest absolute Gasteiger partial charge is 0.330 e. The second-order valence-electron chi connectivity index (χ2n) is 9.21. The van der Waals surface area contributed by atoms with E-state index < -0.39 is 20.8 Å². The van der Waals surface area contributed by atoms with Gasteiger partial charge in [-0.15, -0.1) is 0 Å². The van der Waals surface area contributed by atoms with Crippen LogP contribution in [0.5, 0.6) is 0 Å². The Bertz CT molecular complexity index is 943. The minimum atomic E-state index is -4.48. The van der Waals surface area contributed by atoms with Gasteiger partial charge in [0.1, 0.15) is 0 Å². The fourth-order valence-corrected chi connectivity index (χ4v) is 5.21. The SMILES string of the molecule is CN1C(C)(C)CC(NC2(S(N)(=O)=O)N=C(Nc3ccccc3)NC=C2F)CC1(C)C. The molecule has 0 amide bonds. The van der Waals surface area contributed by atoms with Crippen molar-refractivity contribution in [2.45, 2.75) is 62.7 Å². The van der Waals surface area contributed by atoms with Gasteiger partial charge in [0, 0.05) is 29.0 Å². The average Bonchev–Trinajstić information content (AvgIpc) is 2.62. The van der Waals surface area contributed by atoms with Crippen molar-refractivity contribution in [1.29, 1.82) is 0 Å². The number of guanidine groups is 1. The lowest BCUT2D eigenvalue weighted by Gasteiger charge is -2.54. The standard InChI is InChI=1S/C20H31FN6O2S/c1-18(2)11-15(12-19(3,4)27(18)5)25-20(30(22,28)29)16(21)13-23-17(26-20)24-14-9-7-6-8-10-14/h6-10,13,15,25H,11-12H2,1-5H3,(H2,22,28,29)(H2,23,24,26). The van der Waals surface area contributed by atoms with Crippen molar-refractivity contribution >= 4 is 21.7 Å². The molecule has 0 radical (unpaired) electrons. The van der Waals surface area contributed by atoms with Gasteiger partial charge in [0.15, 0.2) is 5.83 Å². The van der Waals surface area contributed by atoms with Crippen molar-refractivity contribution < 1.29 is 12.8 Å². The third-order valence-corrected chi connectivity index (χ3v) is 7.31. The van der Waals surface area contributed by atoms with Gasteiger partial charge in [-0.1, -0.05) is 18.2 Å². The van der Waals surface area contributed by atoms with Gasteiger partial charge >= 0.3 is 0 Å². The van der Waals surface area contributed by atoms with Crippen molar-refractivity contribution in [2.75, 3.05) is 12.4 Å². The summed E-state index contributed by atoms with van der Waals surface area (Å²) in [5.41, 5.74) is 0.200. The minimum Gasteiger partial charge on any atom is -0.330 e. The number of hydrogen-bond donors (Lipinski definition) is 4. The number of nitrogens with zero attached hydrogens (tertiary/aromatic N) is 2. The van der Waals surface area contributed by atoms with Crippen molar-refractivity contribution in [1.82, 2.24) is 15.5 Å². The fourth-order valence-electron chi connectivity index (χ4n) is 4.33. The Morgan fingerprint density at radius 3 is 2.27 bits per heavy atom. The van der Waals surface area contributed by atoms with Gasteiger partial charge in [-0.3, -0.25) is 10.2 Å². The van der Waals surface area contributed by atoms with Crippen LogP contribution < -0.4 is 21.1 Å². The first-order valence-corrected chi connectivity index (χ1v) is 11.4. The molecule has 0 saturated carbocycles. The first-order chi connectivity index (χ1) is 13.8. The first-order valence-electron chi connectivity index (χ1n) is 9.85. The van der Waals surface area contributed by atoms with Crippen LogP contribution in [0.4, 0.5) is 10.1 Å². The summed E-state index contributed by atoms with van der Waals surface area (Å²) in [6.45, 7) is 8.30. The minimum absolute atomic E-state index is 0.0792. The van der Waals surface area contributed by atoms with Gasteiger partial charge < -0.3 is 10.6 Å². The van der Waals surface area contributed by atoms with E-state index in [4.69, 9.17) is 5.14 Å². The van der Waals surface area contributed by atoms with Crippen LogP contribution in [0, 0.1) is 0 Å². The van der Waals surface area contributed by atoms with Gasteiger partial charge in [0.25, 0.3) is 15.0 Å². The summed E-state index contributed by atoms with van der Waals surface area (Å²) in [6.07, 6.45) is 2.17. The van der Waals surface area contributed by atoms with Crippen molar-refractivity contribution in [3.05, 3.63) is 42.4 Å². The number of sulfonamides is 1. The topological polar surface area (TPSA) is 112 Å². The van der Waals surface area contributed by atoms with E-state index in [1.165, 1.54) is 0 Å². The predicted molar refractivity (Wildman–Crippen MR) is 118 cm³/mol. The second kappa shape index (κ2) is 7.60. The maximum atomic E-state index is 15.1. The number of likely N-dealkylation sites (tertiary alicyclic amines) is 1. The summed E-state index contributed by atoms with van der Waals surface area (Å²) in [4.78, 5) is 4.03. The molecule has 1 saturated heterocycles. The summed E-state index contributed by atoms with van der Waals surface area (Å²) in [6, 6.07) is 8.72. The Kier molecular flexibility index (Phi) is 5.74. The van der Waals surface area contributed by atoms with E-state index >= 15 is 4.39 Å². The summed E-state index contributed by atoms with van der Waals surface area (Å²) < 4.78 is 40.3. The number of halogens is 1. The molecule has 1 fully saturated rings. The number of anilines is 1. The molecule has 0 aliphatic carbocycles. The molecule has 10 heteroatoms. The Morgan fingerprint density at radius 1 is 1.17 bits per heavy atom. The van der Waals surface area contributed by atoms with E-state index in [2.05, 4.69) is 53.5 Å². The predicted octanol–water partition coefficient (Wildman–Crippen LogP) is 2.05. The molecule has 1 aromatic carbocycles. The van der Waals surface area contributed by atoms with E-state index in [9.17, 15) is 8.42 Å². The molecule has 30 heavy (non-hydrogen) atoms. The van der Waals surface area contributed by atoms with E-state index in [1.54, 1.807) is 12.1 Å². The fraction of sp³-hybridized carbons (Fsp3) is 0.550. The number of hydrogen-bond acceptors (Lipinski definition) is 7. The smallest absolute Gasteiger partial charge is 0.284 e. The Balaban J connectivity index is 1.97. The highest BCUT2D eigenvalue weighted by Crippen LogP contribution is 2.39. The third kappa shape index (κ3) is 4.22. The van der Waals surface area contributed by atoms with E-state index in [0.29, 0.717) is 18.5 Å². The number of nitrogens with one attached hydrogen (secondary N) is 3. The van der Waals surface area contributed by atoms with Gasteiger partial charge in [-0.2, -0.15) is 0 Å². The highest BCUT2D eigenvalue weighted by molar-refractivity contribution is 7.90. The van der Waals surface area contributed by atoms with Gasteiger partial charge in [-0.25, -0.2) is 22.9 Å². The number of benzene rings is 1. The molecular formula is C20H31FN6O2S. The molecular weight excluding hydrogens is 407 g/mol. The lowest BCUT2D eigenvalue weighted by Crippen LogP contribution is -2.67. The zero-order chi connectivity index (χ0) is 22.4. The number of nitrogens with two attached hydrogens (primary N) is 1. The van der Waals surface area contributed by atoms with Crippen molar-refractivity contribution in [3.63, 3.8) is 0 Å². The highest BCUT2D eigenvalue weighted by atomic mass is 32.2. The molecule has 8 nitrogen and oxygen atoms in total. The third-order valence-electron chi connectivity index (χ3n) is 6.08. The molecule has 1 unspecified atom stereocenters. The lowest BCUT2D eigenvalue weighted by atomic mass is 9.77. The van der Waals surface area contributed by atoms with Gasteiger partial charge in [-0.05, 0) is 59.7 Å². The summed E-state index contributed by atoms with van der Waals surface area (Å²) in [5, 5.41) is 14.1. The van der Waals surface area contributed by atoms with Crippen LogP contribution in [0.25, 0.3) is 0 Å². The van der Waals surface area contributed by atoms with E-state index in [0.717, 1.165) is 6.20 Å². The Labute approximate surface area is 177 Å². The normalized spacial score (nSPS) is 27.0. The maximum absolute atomic E-state index is 15.1. The molecule has 3 rings (SSSR count). The number of primary sulfonamides is 1. The first kappa shape index (κ1) is 22.7. The molecule has 0 spiro atoms. The number of para-hydroxylation sites is 1. The maximum Gasteiger partial charge on any atom is 0.284 e. The van der Waals surface area contributed by atoms with Crippen molar-refractivity contribution in [3.8, 4) is 0 Å². The Morgan fingerprint density at radius 2 is 1.73 bits per heavy atom. The molecule has 0 bridgehead atoms. The van der Waals surface area contributed by atoms with Gasteiger partial charge in [0.05, 0.1) is 0 Å². The lowest BCUT2D eigenvalue weighted by molar-refractivity contribution is -0.0207. The highest BCUT2D eigenvalue weighted by Gasteiger charge is 2.53. The van der Waals surface area contributed by atoms with E-state index in [-0.39, 0.29) is 23.1 Å². The average molecular weight is 439 g/mol.